The van der Waals surface area contributed by atoms with Crippen molar-refractivity contribution in [1.29, 1.82) is 0 Å². The summed E-state index contributed by atoms with van der Waals surface area (Å²) in [5.74, 6) is 0.352. The van der Waals surface area contributed by atoms with Gasteiger partial charge in [0, 0.05) is 6.20 Å². The average Bonchev–Trinajstić information content (AvgIpc) is 2.56. The van der Waals surface area contributed by atoms with Gasteiger partial charge in [-0.15, -0.1) is 0 Å². The third kappa shape index (κ3) is 2.64. The molecule has 0 radical (unpaired) electrons. The topological polar surface area (TPSA) is 56.7 Å². The van der Waals surface area contributed by atoms with Crippen LogP contribution in [0, 0.1) is 10.5 Å². The first-order valence-corrected chi connectivity index (χ1v) is 6.41. The van der Waals surface area contributed by atoms with Crippen LogP contribution in [0.15, 0.2) is 12.3 Å². The number of aromatic nitrogens is 3. The number of halogens is 5. The molecule has 102 valence electrons. The van der Waals surface area contributed by atoms with Crippen LogP contribution in [0.25, 0.3) is 5.82 Å². The number of pyridine rings is 1. The zero-order valence-electron chi connectivity index (χ0n) is 9.46. The van der Waals surface area contributed by atoms with Gasteiger partial charge in [-0.25, -0.2) is 4.98 Å². The Morgan fingerprint density at radius 1 is 1.42 bits per heavy atom. The molecular formula is C10H7ClF3IN4. The molecule has 0 atom stereocenters. The first-order valence-electron chi connectivity index (χ1n) is 4.95. The fraction of sp³-hybridized carbons (Fsp3) is 0.200. The first-order chi connectivity index (χ1) is 8.71. The van der Waals surface area contributed by atoms with Crippen molar-refractivity contribution in [1.82, 2.24) is 14.8 Å². The number of nitrogen functional groups attached to an aromatic ring is 1. The van der Waals surface area contributed by atoms with Crippen molar-refractivity contribution in [3.05, 3.63) is 32.1 Å². The van der Waals surface area contributed by atoms with E-state index in [0.29, 0.717) is 15.5 Å². The summed E-state index contributed by atoms with van der Waals surface area (Å²) in [4.78, 5) is 3.70. The van der Waals surface area contributed by atoms with Gasteiger partial charge in [0.2, 0.25) is 0 Å². The lowest BCUT2D eigenvalue weighted by atomic mass is 10.3. The van der Waals surface area contributed by atoms with E-state index in [2.05, 4.69) is 10.1 Å². The SMILES string of the molecule is Cc1nn(-c2ncc(C(F)(F)F)cc2Cl)c(N)c1I. The predicted molar refractivity (Wildman–Crippen MR) is 73.2 cm³/mol. The number of hydrogen-bond acceptors (Lipinski definition) is 3. The van der Waals surface area contributed by atoms with Gasteiger partial charge in [-0.05, 0) is 35.6 Å². The van der Waals surface area contributed by atoms with Crippen LogP contribution in [-0.4, -0.2) is 14.8 Å². The summed E-state index contributed by atoms with van der Waals surface area (Å²) in [5.41, 5.74) is 5.53. The van der Waals surface area contributed by atoms with Crippen molar-refractivity contribution >= 4 is 40.0 Å². The third-order valence-corrected chi connectivity index (χ3v) is 3.98. The minimum atomic E-state index is -4.49. The van der Waals surface area contributed by atoms with Crippen LogP contribution in [0.5, 0.6) is 0 Å². The number of hydrogen-bond donors (Lipinski definition) is 1. The molecule has 0 bridgehead atoms. The van der Waals surface area contributed by atoms with Crippen molar-refractivity contribution in [3.63, 3.8) is 0 Å². The molecule has 19 heavy (non-hydrogen) atoms. The lowest BCUT2D eigenvalue weighted by Gasteiger charge is -2.09. The van der Waals surface area contributed by atoms with Crippen LogP contribution in [0.1, 0.15) is 11.3 Å². The largest absolute Gasteiger partial charge is 0.417 e. The van der Waals surface area contributed by atoms with Crippen LogP contribution >= 0.6 is 34.2 Å². The highest BCUT2D eigenvalue weighted by Gasteiger charge is 2.32. The van der Waals surface area contributed by atoms with Crippen molar-refractivity contribution in [3.8, 4) is 5.82 Å². The van der Waals surface area contributed by atoms with Crippen molar-refractivity contribution < 1.29 is 13.2 Å². The molecule has 9 heteroatoms. The lowest BCUT2D eigenvalue weighted by Crippen LogP contribution is -2.09. The monoisotopic (exact) mass is 402 g/mol. The van der Waals surface area contributed by atoms with Crippen molar-refractivity contribution in [2.75, 3.05) is 5.73 Å². The van der Waals surface area contributed by atoms with Gasteiger partial charge in [-0.3, -0.25) is 0 Å². The minimum absolute atomic E-state index is 0.0678. The Morgan fingerprint density at radius 2 is 2.05 bits per heavy atom. The molecule has 2 rings (SSSR count). The van der Waals surface area contributed by atoms with Crippen LogP contribution in [0.4, 0.5) is 19.0 Å². The van der Waals surface area contributed by atoms with Gasteiger partial charge in [0.1, 0.15) is 5.82 Å². The highest BCUT2D eigenvalue weighted by molar-refractivity contribution is 14.1. The minimum Gasteiger partial charge on any atom is -0.383 e. The number of alkyl halides is 3. The molecular weight excluding hydrogens is 395 g/mol. The van der Waals surface area contributed by atoms with E-state index in [1.807, 2.05) is 22.6 Å². The molecule has 0 saturated heterocycles. The van der Waals surface area contributed by atoms with E-state index in [1.54, 1.807) is 6.92 Å². The summed E-state index contributed by atoms with van der Waals surface area (Å²) in [7, 11) is 0. The van der Waals surface area contributed by atoms with E-state index in [9.17, 15) is 13.2 Å². The molecule has 2 heterocycles. The van der Waals surface area contributed by atoms with E-state index in [-0.39, 0.29) is 16.7 Å². The van der Waals surface area contributed by atoms with Gasteiger partial charge >= 0.3 is 6.18 Å². The fourth-order valence-corrected chi connectivity index (χ4v) is 2.01. The standard InChI is InChI=1S/C10H7ClF3IN4/c1-4-7(15)8(16)19(18-4)9-6(11)2-5(3-17-9)10(12,13)14/h2-3H,16H2,1H3. The first kappa shape index (κ1) is 14.4. The Balaban J connectivity index is 2.55. The highest BCUT2D eigenvalue weighted by atomic mass is 127. The average molecular weight is 403 g/mol. The molecule has 0 spiro atoms. The smallest absolute Gasteiger partial charge is 0.383 e. The summed E-state index contributed by atoms with van der Waals surface area (Å²) in [6, 6.07) is 0.799. The molecule has 0 aromatic carbocycles. The van der Waals surface area contributed by atoms with E-state index in [0.717, 1.165) is 6.07 Å². The molecule has 0 amide bonds. The maximum atomic E-state index is 12.5. The molecule has 0 aliphatic carbocycles. The summed E-state index contributed by atoms with van der Waals surface area (Å²) in [5, 5.41) is 3.92. The molecule has 0 aliphatic rings. The number of anilines is 1. The van der Waals surface area contributed by atoms with Crippen molar-refractivity contribution in [2.45, 2.75) is 13.1 Å². The lowest BCUT2D eigenvalue weighted by molar-refractivity contribution is -0.137. The van der Waals surface area contributed by atoms with Crippen LogP contribution in [-0.2, 0) is 6.18 Å². The summed E-state index contributed by atoms with van der Waals surface area (Å²) in [6.07, 6.45) is -3.79. The second-order valence-electron chi connectivity index (χ2n) is 3.72. The normalized spacial score (nSPS) is 11.9. The number of nitrogens with two attached hydrogens (primary N) is 1. The fourth-order valence-electron chi connectivity index (χ4n) is 1.43. The Hall–Kier alpha value is -1.03. The molecule has 2 N–H and O–H groups in total. The summed E-state index contributed by atoms with van der Waals surface area (Å²) in [6.45, 7) is 1.73. The number of nitrogens with zero attached hydrogens (tertiary/aromatic N) is 3. The molecule has 0 unspecified atom stereocenters. The molecule has 0 saturated carbocycles. The molecule has 4 nitrogen and oxygen atoms in total. The quantitative estimate of drug-likeness (QED) is 0.744. The zero-order chi connectivity index (χ0) is 14.4. The predicted octanol–water partition coefficient (Wildman–Crippen LogP) is 3.43. The maximum absolute atomic E-state index is 12.5. The van der Waals surface area contributed by atoms with Crippen LogP contribution < -0.4 is 5.73 Å². The van der Waals surface area contributed by atoms with Gasteiger partial charge in [0.05, 0.1) is 19.9 Å². The molecule has 2 aromatic rings. The van der Waals surface area contributed by atoms with Gasteiger partial charge in [0.15, 0.2) is 5.82 Å². The van der Waals surface area contributed by atoms with Gasteiger partial charge in [-0.1, -0.05) is 11.6 Å². The second-order valence-corrected chi connectivity index (χ2v) is 5.21. The second kappa shape index (κ2) is 4.82. The summed E-state index contributed by atoms with van der Waals surface area (Å²) < 4.78 is 39.4. The Morgan fingerprint density at radius 3 is 2.47 bits per heavy atom. The number of rotatable bonds is 1. The molecule has 2 aromatic heterocycles. The number of aryl methyl sites for hydroxylation is 1. The zero-order valence-corrected chi connectivity index (χ0v) is 12.4. The molecule has 0 fully saturated rings. The van der Waals surface area contributed by atoms with E-state index in [4.69, 9.17) is 17.3 Å². The summed E-state index contributed by atoms with van der Waals surface area (Å²) >= 11 is 7.81. The van der Waals surface area contributed by atoms with Gasteiger partial charge in [-0.2, -0.15) is 23.0 Å². The van der Waals surface area contributed by atoms with Crippen LogP contribution in [0.3, 0.4) is 0 Å². The van der Waals surface area contributed by atoms with E-state index in [1.165, 1.54) is 4.68 Å². The van der Waals surface area contributed by atoms with E-state index < -0.39 is 11.7 Å². The van der Waals surface area contributed by atoms with E-state index >= 15 is 0 Å². The van der Waals surface area contributed by atoms with Crippen molar-refractivity contribution in [2.24, 2.45) is 0 Å². The Bertz CT molecular complexity index is 638. The molecule has 0 aliphatic heterocycles. The Kier molecular flexibility index (Phi) is 3.65. The van der Waals surface area contributed by atoms with Gasteiger partial charge in [0.25, 0.3) is 0 Å². The highest BCUT2D eigenvalue weighted by Crippen LogP contribution is 2.32. The van der Waals surface area contributed by atoms with Crippen LogP contribution in [0.2, 0.25) is 5.02 Å². The maximum Gasteiger partial charge on any atom is 0.417 e. The van der Waals surface area contributed by atoms with Gasteiger partial charge < -0.3 is 5.73 Å². The third-order valence-electron chi connectivity index (χ3n) is 2.37. The Labute approximate surface area is 124 Å².